The smallest absolute Gasteiger partial charge is 0.244 e. The van der Waals surface area contributed by atoms with E-state index in [-0.39, 0.29) is 17.1 Å². The molecule has 1 N–H and O–H groups in total. The molecule has 1 atom stereocenters. The molecule has 2 aromatic carbocycles. The zero-order chi connectivity index (χ0) is 20.5. The Morgan fingerprint density at radius 1 is 1.21 bits per heavy atom. The van der Waals surface area contributed by atoms with Crippen LogP contribution in [-0.2, 0) is 14.8 Å². The largest absolute Gasteiger partial charge is 0.497 e. The molecule has 1 amide bonds. The second kappa shape index (κ2) is 7.84. The van der Waals surface area contributed by atoms with Gasteiger partial charge in [0, 0.05) is 18.7 Å². The van der Waals surface area contributed by atoms with Crippen LogP contribution in [0.15, 0.2) is 41.3 Å². The molecule has 0 bridgehead atoms. The highest BCUT2D eigenvalue weighted by Crippen LogP contribution is 2.31. The number of sulfonamides is 1. The first kappa shape index (κ1) is 20.2. The number of anilines is 1. The molecule has 1 aliphatic heterocycles. The molecule has 1 fully saturated rings. The maximum absolute atomic E-state index is 13.8. The SMILES string of the molecule is COc1ccc(C)c(S(=O)(=O)N2CCC[C@H]2C(=O)Nc2ccc(F)cc2F)c1. The van der Waals surface area contributed by atoms with Gasteiger partial charge in [0.25, 0.3) is 0 Å². The van der Waals surface area contributed by atoms with Crippen LogP contribution in [-0.4, -0.2) is 38.3 Å². The van der Waals surface area contributed by atoms with Gasteiger partial charge in [-0.3, -0.25) is 4.79 Å². The van der Waals surface area contributed by atoms with E-state index in [1.165, 1.54) is 13.2 Å². The van der Waals surface area contributed by atoms with Crippen molar-refractivity contribution in [1.29, 1.82) is 0 Å². The third-order valence-electron chi connectivity index (χ3n) is 4.68. The molecule has 0 radical (unpaired) electrons. The van der Waals surface area contributed by atoms with Gasteiger partial charge < -0.3 is 10.1 Å². The molecule has 28 heavy (non-hydrogen) atoms. The summed E-state index contributed by atoms with van der Waals surface area (Å²) in [5, 5.41) is 2.36. The number of aryl methyl sites for hydroxylation is 1. The van der Waals surface area contributed by atoms with Gasteiger partial charge in [-0.15, -0.1) is 0 Å². The number of ether oxygens (including phenoxy) is 1. The van der Waals surface area contributed by atoms with E-state index in [1.807, 2.05) is 0 Å². The van der Waals surface area contributed by atoms with Crippen molar-refractivity contribution in [3.05, 3.63) is 53.6 Å². The van der Waals surface area contributed by atoms with Crippen LogP contribution in [0.25, 0.3) is 0 Å². The molecule has 3 rings (SSSR count). The summed E-state index contributed by atoms with van der Waals surface area (Å²) in [5.41, 5.74) is 0.324. The lowest BCUT2D eigenvalue weighted by atomic mass is 10.2. The Morgan fingerprint density at radius 3 is 2.64 bits per heavy atom. The molecule has 0 aliphatic carbocycles. The maximum atomic E-state index is 13.8. The second-order valence-corrected chi connectivity index (χ2v) is 8.38. The average molecular weight is 410 g/mol. The number of nitrogens with zero attached hydrogens (tertiary/aromatic N) is 1. The van der Waals surface area contributed by atoms with Gasteiger partial charge in [-0.25, -0.2) is 17.2 Å². The van der Waals surface area contributed by atoms with Crippen LogP contribution in [0.5, 0.6) is 5.75 Å². The number of nitrogens with one attached hydrogen (secondary N) is 1. The Kier molecular flexibility index (Phi) is 5.66. The van der Waals surface area contributed by atoms with Crippen LogP contribution in [0.2, 0.25) is 0 Å². The third-order valence-corrected chi connectivity index (χ3v) is 6.73. The molecule has 1 saturated heterocycles. The fourth-order valence-electron chi connectivity index (χ4n) is 3.21. The fourth-order valence-corrected chi connectivity index (χ4v) is 5.11. The standard InChI is InChI=1S/C19H20F2N2O4S/c1-12-5-7-14(27-2)11-18(12)28(25,26)23-9-3-4-17(23)19(24)22-16-8-6-13(20)10-15(16)21/h5-8,10-11,17H,3-4,9H2,1-2H3,(H,22,24)/t17-/m0/s1. The number of hydrogen-bond acceptors (Lipinski definition) is 4. The van der Waals surface area contributed by atoms with Crippen molar-refractivity contribution in [3.63, 3.8) is 0 Å². The van der Waals surface area contributed by atoms with Gasteiger partial charge in [0.15, 0.2) is 0 Å². The number of methoxy groups -OCH3 is 1. The van der Waals surface area contributed by atoms with Gasteiger partial charge in [-0.05, 0) is 43.5 Å². The number of hydrogen-bond donors (Lipinski definition) is 1. The zero-order valence-corrected chi connectivity index (χ0v) is 16.2. The van der Waals surface area contributed by atoms with E-state index < -0.39 is 33.6 Å². The predicted octanol–water partition coefficient (Wildman–Crippen LogP) is 3.07. The van der Waals surface area contributed by atoms with Crippen molar-refractivity contribution in [3.8, 4) is 5.75 Å². The van der Waals surface area contributed by atoms with E-state index in [2.05, 4.69) is 5.32 Å². The molecule has 0 aromatic heterocycles. The molecule has 0 spiro atoms. The van der Waals surface area contributed by atoms with Gasteiger partial charge in [0.1, 0.15) is 23.4 Å². The summed E-state index contributed by atoms with van der Waals surface area (Å²) < 4.78 is 59.4. The van der Waals surface area contributed by atoms with E-state index in [1.54, 1.807) is 19.1 Å². The normalized spacial score (nSPS) is 17.5. The first-order valence-corrected chi connectivity index (χ1v) is 10.1. The van der Waals surface area contributed by atoms with Gasteiger partial charge in [0.2, 0.25) is 15.9 Å². The topological polar surface area (TPSA) is 75.7 Å². The molecule has 2 aromatic rings. The number of rotatable bonds is 5. The second-order valence-electron chi connectivity index (χ2n) is 6.52. The van der Waals surface area contributed by atoms with Crippen LogP contribution in [0.4, 0.5) is 14.5 Å². The molecule has 150 valence electrons. The summed E-state index contributed by atoms with van der Waals surface area (Å²) in [5.74, 6) is -1.97. The molecule has 1 heterocycles. The molecular weight excluding hydrogens is 390 g/mol. The molecule has 0 unspecified atom stereocenters. The minimum absolute atomic E-state index is 0.0551. The van der Waals surface area contributed by atoms with Crippen LogP contribution in [0, 0.1) is 18.6 Å². The van der Waals surface area contributed by atoms with Gasteiger partial charge in [-0.1, -0.05) is 6.07 Å². The van der Waals surface area contributed by atoms with Gasteiger partial charge in [0.05, 0.1) is 17.7 Å². The molecule has 9 heteroatoms. The fraction of sp³-hybridized carbons (Fsp3) is 0.316. The lowest BCUT2D eigenvalue weighted by Gasteiger charge is -2.24. The third kappa shape index (κ3) is 3.85. The first-order chi connectivity index (χ1) is 13.2. The lowest BCUT2D eigenvalue weighted by Crippen LogP contribution is -2.43. The lowest BCUT2D eigenvalue weighted by molar-refractivity contribution is -0.119. The highest BCUT2D eigenvalue weighted by Gasteiger charge is 2.40. The van der Waals surface area contributed by atoms with E-state index in [9.17, 15) is 22.0 Å². The summed E-state index contributed by atoms with van der Waals surface area (Å²) >= 11 is 0. The number of carbonyl (C=O) groups excluding carboxylic acids is 1. The highest BCUT2D eigenvalue weighted by molar-refractivity contribution is 7.89. The van der Waals surface area contributed by atoms with E-state index in [0.717, 1.165) is 16.4 Å². The summed E-state index contributed by atoms with van der Waals surface area (Å²) in [4.78, 5) is 12.7. The summed E-state index contributed by atoms with van der Waals surface area (Å²) in [6.45, 7) is 1.83. The van der Waals surface area contributed by atoms with Crippen LogP contribution in [0.1, 0.15) is 18.4 Å². The predicted molar refractivity (Wildman–Crippen MR) is 99.6 cm³/mol. The van der Waals surface area contributed by atoms with Crippen molar-refractivity contribution in [2.24, 2.45) is 0 Å². The first-order valence-electron chi connectivity index (χ1n) is 8.66. The Morgan fingerprint density at radius 2 is 1.96 bits per heavy atom. The summed E-state index contributed by atoms with van der Waals surface area (Å²) in [6.07, 6.45) is 0.795. The van der Waals surface area contributed by atoms with E-state index in [0.29, 0.717) is 30.2 Å². The quantitative estimate of drug-likeness (QED) is 0.822. The van der Waals surface area contributed by atoms with Crippen molar-refractivity contribution < 1.29 is 26.7 Å². The van der Waals surface area contributed by atoms with Gasteiger partial charge >= 0.3 is 0 Å². The van der Waals surface area contributed by atoms with Crippen molar-refractivity contribution in [1.82, 2.24) is 4.31 Å². The molecular formula is C19H20F2N2O4S. The van der Waals surface area contributed by atoms with Gasteiger partial charge in [-0.2, -0.15) is 4.31 Å². The molecule has 0 saturated carbocycles. The van der Waals surface area contributed by atoms with Crippen molar-refractivity contribution in [2.45, 2.75) is 30.7 Å². The Labute approximate surface area is 162 Å². The monoisotopic (exact) mass is 410 g/mol. The van der Waals surface area contributed by atoms with E-state index >= 15 is 0 Å². The zero-order valence-electron chi connectivity index (χ0n) is 15.4. The Hall–Kier alpha value is -2.52. The number of halogens is 2. The van der Waals surface area contributed by atoms with Crippen LogP contribution >= 0.6 is 0 Å². The number of carbonyl (C=O) groups is 1. The molecule has 1 aliphatic rings. The minimum atomic E-state index is -3.97. The maximum Gasteiger partial charge on any atom is 0.244 e. The van der Waals surface area contributed by atoms with Crippen LogP contribution < -0.4 is 10.1 Å². The van der Waals surface area contributed by atoms with Crippen molar-refractivity contribution >= 4 is 21.6 Å². The minimum Gasteiger partial charge on any atom is -0.497 e. The van der Waals surface area contributed by atoms with E-state index in [4.69, 9.17) is 4.74 Å². The van der Waals surface area contributed by atoms with Crippen molar-refractivity contribution in [2.75, 3.05) is 19.0 Å². The average Bonchev–Trinajstić information content (AvgIpc) is 3.15. The Balaban J connectivity index is 1.88. The Bertz CT molecular complexity index is 1010. The number of amides is 1. The summed E-state index contributed by atoms with van der Waals surface area (Å²) in [7, 11) is -2.53. The van der Waals surface area contributed by atoms with Crippen LogP contribution in [0.3, 0.4) is 0 Å². The highest BCUT2D eigenvalue weighted by atomic mass is 32.2. The number of benzene rings is 2. The summed E-state index contributed by atoms with van der Waals surface area (Å²) in [6, 6.07) is 6.48. The molecule has 6 nitrogen and oxygen atoms in total.